The SMILES string of the molecule is CCOC(=O)[C@H]1CCC(=O)N1Cc1cc(OC)c(C(C)(C)C)cc1-c1cccnc1OCc1ccccc1. The molecule has 1 saturated heterocycles. The Morgan fingerprint density at radius 3 is 2.53 bits per heavy atom. The number of benzene rings is 2. The number of nitrogens with zero attached hydrogens (tertiary/aromatic N) is 2. The van der Waals surface area contributed by atoms with Crippen LogP contribution in [0.1, 0.15) is 57.2 Å². The van der Waals surface area contributed by atoms with Crippen molar-refractivity contribution in [2.75, 3.05) is 13.7 Å². The predicted octanol–water partition coefficient (Wildman–Crippen LogP) is 5.69. The summed E-state index contributed by atoms with van der Waals surface area (Å²) in [6.07, 6.45) is 2.47. The number of esters is 1. The molecular formula is C31H36N2O5. The van der Waals surface area contributed by atoms with Crippen molar-refractivity contribution in [3.63, 3.8) is 0 Å². The number of hydrogen-bond acceptors (Lipinski definition) is 6. The average molecular weight is 517 g/mol. The van der Waals surface area contributed by atoms with E-state index in [9.17, 15) is 9.59 Å². The van der Waals surface area contributed by atoms with Crippen LogP contribution < -0.4 is 9.47 Å². The fourth-order valence-corrected chi connectivity index (χ4v) is 4.79. The average Bonchev–Trinajstić information content (AvgIpc) is 3.27. The monoisotopic (exact) mass is 516 g/mol. The van der Waals surface area contributed by atoms with Crippen LogP contribution in [0.15, 0.2) is 60.8 Å². The number of amides is 1. The van der Waals surface area contributed by atoms with E-state index in [0.29, 0.717) is 25.3 Å². The summed E-state index contributed by atoms with van der Waals surface area (Å²) in [5, 5.41) is 0. The van der Waals surface area contributed by atoms with E-state index in [1.807, 2.05) is 48.5 Å². The van der Waals surface area contributed by atoms with Gasteiger partial charge in [0.05, 0.1) is 13.7 Å². The largest absolute Gasteiger partial charge is 0.496 e. The third-order valence-corrected chi connectivity index (χ3v) is 6.74. The maximum absolute atomic E-state index is 12.9. The van der Waals surface area contributed by atoms with Gasteiger partial charge in [-0.25, -0.2) is 9.78 Å². The van der Waals surface area contributed by atoms with E-state index in [2.05, 4.69) is 31.8 Å². The van der Waals surface area contributed by atoms with Crippen molar-refractivity contribution in [1.29, 1.82) is 0 Å². The topological polar surface area (TPSA) is 78.0 Å². The quantitative estimate of drug-likeness (QED) is 0.340. The number of rotatable bonds is 9. The summed E-state index contributed by atoms with van der Waals surface area (Å²) in [4.78, 5) is 31.7. The standard InChI is InChI=1S/C31H36N2O5/c1-6-37-30(35)26-14-15-28(34)33(26)19-22-17-27(36-5)25(31(2,3)4)18-24(22)23-13-10-16-32-29(23)38-20-21-11-8-7-9-12-21/h7-13,16-18,26H,6,14-15,19-20H2,1-5H3/t26-/m1/s1. The lowest BCUT2D eigenvalue weighted by Gasteiger charge is -2.28. The molecule has 1 atom stereocenters. The molecule has 0 bridgehead atoms. The molecule has 0 radical (unpaired) electrons. The first kappa shape index (κ1) is 27.2. The molecule has 4 rings (SSSR count). The number of likely N-dealkylation sites (tertiary alicyclic amines) is 1. The second-order valence-corrected chi connectivity index (χ2v) is 10.4. The molecule has 0 saturated carbocycles. The molecule has 1 fully saturated rings. The number of methoxy groups -OCH3 is 1. The fraction of sp³-hybridized carbons (Fsp3) is 0.387. The summed E-state index contributed by atoms with van der Waals surface area (Å²) < 4.78 is 17.3. The fourth-order valence-electron chi connectivity index (χ4n) is 4.79. The van der Waals surface area contributed by atoms with E-state index in [1.165, 1.54) is 0 Å². The van der Waals surface area contributed by atoms with Crippen LogP contribution in [0.5, 0.6) is 11.6 Å². The number of ether oxygens (including phenoxy) is 3. The van der Waals surface area contributed by atoms with Crippen LogP contribution in [0.3, 0.4) is 0 Å². The van der Waals surface area contributed by atoms with Gasteiger partial charge in [0.1, 0.15) is 18.4 Å². The van der Waals surface area contributed by atoms with E-state index in [0.717, 1.165) is 33.6 Å². The lowest BCUT2D eigenvalue weighted by Crippen LogP contribution is -2.39. The van der Waals surface area contributed by atoms with Crippen LogP contribution in [0.4, 0.5) is 0 Å². The summed E-state index contributed by atoms with van der Waals surface area (Å²) in [5.41, 5.74) is 4.39. The first-order valence-corrected chi connectivity index (χ1v) is 13.0. The lowest BCUT2D eigenvalue weighted by atomic mass is 9.83. The summed E-state index contributed by atoms with van der Waals surface area (Å²) in [6, 6.07) is 17.2. The van der Waals surface area contributed by atoms with Crippen LogP contribution in [0, 0.1) is 0 Å². The van der Waals surface area contributed by atoms with E-state index in [4.69, 9.17) is 14.2 Å². The summed E-state index contributed by atoms with van der Waals surface area (Å²) >= 11 is 0. The minimum atomic E-state index is -0.605. The molecule has 38 heavy (non-hydrogen) atoms. The Morgan fingerprint density at radius 2 is 1.84 bits per heavy atom. The second kappa shape index (κ2) is 11.7. The van der Waals surface area contributed by atoms with Gasteiger partial charge in [-0.1, -0.05) is 51.1 Å². The maximum Gasteiger partial charge on any atom is 0.328 e. The number of pyridine rings is 1. The highest BCUT2D eigenvalue weighted by Crippen LogP contribution is 2.41. The number of carbonyl (C=O) groups excluding carboxylic acids is 2. The van der Waals surface area contributed by atoms with E-state index in [1.54, 1.807) is 25.1 Å². The molecule has 1 amide bonds. The first-order chi connectivity index (χ1) is 18.2. The van der Waals surface area contributed by atoms with Gasteiger partial charge in [-0.15, -0.1) is 0 Å². The molecule has 1 aromatic heterocycles. The van der Waals surface area contributed by atoms with Crippen molar-refractivity contribution in [1.82, 2.24) is 9.88 Å². The molecule has 7 nitrogen and oxygen atoms in total. The molecule has 1 aliphatic rings. The van der Waals surface area contributed by atoms with Crippen molar-refractivity contribution >= 4 is 11.9 Å². The van der Waals surface area contributed by atoms with Crippen molar-refractivity contribution in [3.8, 4) is 22.8 Å². The lowest BCUT2D eigenvalue weighted by molar-refractivity contribution is -0.151. The van der Waals surface area contributed by atoms with Crippen LogP contribution in [-0.2, 0) is 32.9 Å². The highest BCUT2D eigenvalue weighted by molar-refractivity contribution is 5.88. The van der Waals surface area contributed by atoms with E-state index in [-0.39, 0.29) is 30.4 Å². The van der Waals surface area contributed by atoms with Gasteiger partial charge in [-0.3, -0.25) is 4.79 Å². The van der Waals surface area contributed by atoms with Crippen molar-refractivity contribution in [3.05, 3.63) is 77.5 Å². The maximum atomic E-state index is 12.9. The normalized spacial score (nSPS) is 15.4. The third-order valence-electron chi connectivity index (χ3n) is 6.74. The van der Waals surface area contributed by atoms with Gasteiger partial charge >= 0.3 is 5.97 Å². The highest BCUT2D eigenvalue weighted by Gasteiger charge is 2.37. The number of hydrogen-bond donors (Lipinski definition) is 0. The summed E-state index contributed by atoms with van der Waals surface area (Å²) in [7, 11) is 1.65. The van der Waals surface area contributed by atoms with Crippen molar-refractivity contribution in [2.24, 2.45) is 0 Å². The molecular weight excluding hydrogens is 480 g/mol. The van der Waals surface area contributed by atoms with E-state index >= 15 is 0 Å². The highest BCUT2D eigenvalue weighted by atomic mass is 16.5. The van der Waals surface area contributed by atoms with Crippen LogP contribution in [-0.4, -0.2) is 41.5 Å². The molecule has 0 unspecified atom stereocenters. The Balaban J connectivity index is 1.79. The Labute approximate surface area is 224 Å². The molecule has 0 N–H and O–H groups in total. The van der Waals surface area contributed by atoms with Gasteiger partial charge in [-0.05, 0) is 59.7 Å². The molecule has 2 aromatic carbocycles. The van der Waals surface area contributed by atoms with Crippen LogP contribution in [0.25, 0.3) is 11.1 Å². The zero-order chi connectivity index (χ0) is 27.3. The first-order valence-electron chi connectivity index (χ1n) is 13.0. The van der Waals surface area contributed by atoms with Crippen LogP contribution >= 0.6 is 0 Å². The van der Waals surface area contributed by atoms with Gasteiger partial charge in [-0.2, -0.15) is 0 Å². The van der Waals surface area contributed by atoms with Crippen LogP contribution in [0.2, 0.25) is 0 Å². The molecule has 200 valence electrons. The number of carbonyl (C=O) groups is 2. The van der Waals surface area contributed by atoms with Gasteiger partial charge in [0.15, 0.2) is 0 Å². The Kier molecular flexibility index (Phi) is 8.35. The van der Waals surface area contributed by atoms with E-state index < -0.39 is 6.04 Å². The predicted molar refractivity (Wildman–Crippen MR) is 146 cm³/mol. The smallest absolute Gasteiger partial charge is 0.328 e. The third kappa shape index (κ3) is 5.98. The zero-order valence-corrected chi connectivity index (χ0v) is 22.8. The summed E-state index contributed by atoms with van der Waals surface area (Å²) in [5.74, 6) is 0.787. The van der Waals surface area contributed by atoms with Crippen molar-refractivity contribution < 1.29 is 23.8 Å². The Hall–Kier alpha value is -3.87. The second-order valence-electron chi connectivity index (χ2n) is 10.4. The zero-order valence-electron chi connectivity index (χ0n) is 22.8. The van der Waals surface area contributed by atoms with Crippen molar-refractivity contribution in [2.45, 2.75) is 65.1 Å². The Bertz CT molecular complexity index is 1280. The minimum Gasteiger partial charge on any atom is -0.496 e. The molecule has 0 aliphatic carbocycles. The Morgan fingerprint density at radius 1 is 1.08 bits per heavy atom. The molecule has 0 spiro atoms. The molecule has 1 aliphatic heterocycles. The van der Waals surface area contributed by atoms with Gasteiger partial charge in [0.2, 0.25) is 11.8 Å². The summed E-state index contributed by atoms with van der Waals surface area (Å²) in [6.45, 7) is 9.05. The minimum absolute atomic E-state index is 0.0698. The van der Waals surface area contributed by atoms with Gasteiger partial charge < -0.3 is 19.1 Å². The molecule has 3 aromatic rings. The molecule has 2 heterocycles. The van der Waals surface area contributed by atoms with Gasteiger partial charge in [0.25, 0.3) is 0 Å². The van der Waals surface area contributed by atoms with Gasteiger partial charge in [0, 0.05) is 30.3 Å². The molecule has 7 heteroatoms. The number of aromatic nitrogens is 1.